The molecule has 0 aliphatic heterocycles. The number of nitrogen functional groups attached to an aromatic ring is 1. The Kier molecular flexibility index (Phi) is 5.62. The van der Waals surface area contributed by atoms with Gasteiger partial charge in [-0.3, -0.25) is 4.79 Å². The van der Waals surface area contributed by atoms with Crippen LogP contribution in [0.3, 0.4) is 0 Å². The summed E-state index contributed by atoms with van der Waals surface area (Å²) in [6.07, 6.45) is 0. The van der Waals surface area contributed by atoms with Gasteiger partial charge in [-0.1, -0.05) is 39.0 Å². The van der Waals surface area contributed by atoms with Crippen LogP contribution in [0.5, 0.6) is 5.75 Å². The highest BCUT2D eigenvalue weighted by atomic mass is 16.5. The first-order chi connectivity index (χ1) is 11.7. The summed E-state index contributed by atoms with van der Waals surface area (Å²) in [6, 6.07) is 7.87. The summed E-state index contributed by atoms with van der Waals surface area (Å²) in [7, 11) is 0. The molecule has 134 valence electrons. The van der Waals surface area contributed by atoms with Crippen LogP contribution in [0.25, 0.3) is 0 Å². The molecule has 0 aliphatic carbocycles. The second kappa shape index (κ2) is 7.51. The Labute approximate surface area is 148 Å². The second-order valence-corrected chi connectivity index (χ2v) is 6.88. The lowest BCUT2D eigenvalue weighted by molar-refractivity contribution is 0.0951. The van der Waals surface area contributed by atoms with Gasteiger partial charge in [-0.2, -0.15) is 0 Å². The highest BCUT2D eigenvalue weighted by Gasteiger charge is 2.21. The largest absolute Gasteiger partial charge is 0.487 e. The SMILES string of the molecule is CCNC(=O)c1c(C)nc(N)nc1COc1ccccc1C(C)(C)C. The summed E-state index contributed by atoms with van der Waals surface area (Å²) in [4.78, 5) is 20.7. The van der Waals surface area contributed by atoms with E-state index in [9.17, 15) is 4.79 Å². The monoisotopic (exact) mass is 342 g/mol. The fourth-order valence-electron chi connectivity index (χ4n) is 2.66. The number of carbonyl (C=O) groups excluding carboxylic acids is 1. The summed E-state index contributed by atoms with van der Waals surface area (Å²) >= 11 is 0. The Morgan fingerprint density at radius 3 is 2.56 bits per heavy atom. The number of rotatable bonds is 5. The number of anilines is 1. The van der Waals surface area contributed by atoms with Crippen LogP contribution >= 0.6 is 0 Å². The molecule has 25 heavy (non-hydrogen) atoms. The molecule has 1 amide bonds. The predicted octanol–water partition coefficient (Wildman–Crippen LogP) is 2.99. The van der Waals surface area contributed by atoms with Crippen molar-refractivity contribution in [2.45, 2.75) is 46.6 Å². The lowest BCUT2D eigenvalue weighted by Crippen LogP contribution is -2.27. The quantitative estimate of drug-likeness (QED) is 0.872. The van der Waals surface area contributed by atoms with Crippen molar-refractivity contribution in [1.29, 1.82) is 0 Å². The van der Waals surface area contributed by atoms with Crippen molar-refractivity contribution in [2.24, 2.45) is 0 Å². The van der Waals surface area contributed by atoms with Crippen LogP contribution in [-0.4, -0.2) is 22.4 Å². The molecule has 0 radical (unpaired) electrons. The lowest BCUT2D eigenvalue weighted by Gasteiger charge is -2.23. The number of hydrogen-bond acceptors (Lipinski definition) is 5. The first kappa shape index (κ1) is 18.7. The molecule has 0 saturated carbocycles. The normalized spacial score (nSPS) is 11.2. The Hall–Kier alpha value is -2.63. The first-order valence-corrected chi connectivity index (χ1v) is 8.37. The van der Waals surface area contributed by atoms with Crippen molar-refractivity contribution >= 4 is 11.9 Å². The Morgan fingerprint density at radius 2 is 1.92 bits per heavy atom. The van der Waals surface area contributed by atoms with E-state index in [1.54, 1.807) is 6.92 Å². The van der Waals surface area contributed by atoms with E-state index in [4.69, 9.17) is 10.5 Å². The zero-order chi connectivity index (χ0) is 18.6. The van der Waals surface area contributed by atoms with Gasteiger partial charge in [0.15, 0.2) is 0 Å². The number of amides is 1. The highest BCUT2D eigenvalue weighted by Crippen LogP contribution is 2.31. The maximum absolute atomic E-state index is 12.3. The molecule has 2 rings (SSSR count). The number of nitrogens with two attached hydrogens (primary N) is 1. The van der Waals surface area contributed by atoms with Crippen LogP contribution in [0.2, 0.25) is 0 Å². The van der Waals surface area contributed by atoms with Gasteiger partial charge >= 0.3 is 0 Å². The summed E-state index contributed by atoms with van der Waals surface area (Å²) in [5.41, 5.74) is 8.25. The maximum Gasteiger partial charge on any atom is 0.255 e. The molecule has 0 bridgehead atoms. The van der Waals surface area contributed by atoms with Crippen LogP contribution < -0.4 is 15.8 Å². The lowest BCUT2D eigenvalue weighted by atomic mass is 9.86. The van der Waals surface area contributed by atoms with Gasteiger partial charge in [0.05, 0.1) is 17.0 Å². The minimum Gasteiger partial charge on any atom is -0.487 e. The Morgan fingerprint density at radius 1 is 1.24 bits per heavy atom. The van der Waals surface area contributed by atoms with Crippen LogP contribution in [0.15, 0.2) is 24.3 Å². The van der Waals surface area contributed by atoms with Gasteiger partial charge in [0.1, 0.15) is 12.4 Å². The van der Waals surface area contributed by atoms with Crippen molar-refractivity contribution in [2.75, 3.05) is 12.3 Å². The number of nitrogens with one attached hydrogen (secondary N) is 1. The average Bonchev–Trinajstić information content (AvgIpc) is 2.51. The van der Waals surface area contributed by atoms with Crippen LogP contribution in [0.4, 0.5) is 5.95 Å². The predicted molar refractivity (Wildman–Crippen MR) is 98.7 cm³/mol. The molecule has 0 unspecified atom stereocenters. The zero-order valence-electron chi connectivity index (χ0n) is 15.5. The number of benzene rings is 1. The van der Waals surface area contributed by atoms with E-state index >= 15 is 0 Å². The number of hydrogen-bond donors (Lipinski definition) is 2. The number of aryl methyl sites for hydroxylation is 1. The molecule has 1 aromatic carbocycles. The number of ether oxygens (including phenoxy) is 1. The van der Waals surface area contributed by atoms with Crippen molar-refractivity contribution in [3.8, 4) is 5.75 Å². The number of para-hydroxylation sites is 1. The molecule has 3 N–H and O–H groups in total. The van der Waals surface area contributed by atoms with Gasteiger partial charge in [0, 0.05) is 6.54 Å². The van der Waals surface area contributed by atoms with E-state index < -0.39 is 0 Å². The van der Waals surface area contributed by atoms with E-state index in [2.05, 4.69) is 36.1 Å². The van der Waals surface area contributed by atoms with Crippen molar-refractivity contribution in [3.05, 3.63) is 46.8 Å². The van der Waals surface area contributed by atoms with Gasteiger partial charge in [-0.05, 0) is 30.9 Å². The molecule has 6 heteroatoms. The third kappa shape index (κ3) is 4.47. The van der Waals surface area contributed by atoms with Crippen molar-refractivity contribution < 1.29 is 9.53 Å². The summed E-state index contributed by atoms with van der Waals surface area (Å²) in [6.45, 7) is 10.7. The molecule has 0 saturated heterocycles. The van der Waals surface area contributed by atoms with Crippen molar-refractivity contribution in [3.63, 3.8) is 0 Å². The van der Waals surface area contributed by atoms with Crippen LogP contribution in [0, 0.1) is 6.92 Å². The Bertz CT molecular complexity index is 767. The summed E-state index contributed by atoms with van der Waals surface area (Å²) in [5.74, 6) is 0.683. The molecule has 2 aromatic rings. The number of aromatic nitrogens is 2. The molecule has 0 atom stereocenters. The molecule has 1 aromatic heterocycles. The number of nitrogens with zero attached hydrogens (tertiary/aromatic N) is 2. The van der Waals surface area contributed by atoms with Gasteiger partial charge in [-0.15, -0.1) is 0 Å². The first-order valence-electron chi connectivity index (χ1n) is 8.37. The minimum atomic E-state index is -0.220. The smallest absolute Gasteiger partial charge is 0.255 e. The molecule has 0 fully saturated rings. The fraction of sp³-hybridized carbons (Fsp3) is 0.421. The van der Waals surface area contributed by atoms with Gasteiger partial charge in [-0.25, -0.2) is 9.97 Å². The maximum atomic E-state index is 12.3. The second-order valence-electron chi connectivity index (χ2n) is 6.88. The number of carbonyl (C=O) groups is 1. The summed E-state index contributed by atoms with van der Waals surface area (Å²) in [5, 5.41) is 2.78. The molecule has 1 heterocycles. The van der Waals surface area contributed by atoms with E-state index in [1.165, 1.54) is 0 Å². The molecule has 0 aliphatic rings. The standard InChI is InChI=1S/C19H26N4O2/c1-6-21-17(24)16-12(2)22-18(20)23-14(16)11-25-15-10-8-7-9-13(15)19(3,4)5/h7-10H,6,11H2,1-5H3,(H,21,24)(H2,20,22,23). The van der Waals surface area contributed by atoms with Gasteiger partial charge < -0.3 is 15.8 Å². The molecule has 6 nitrogen and oxygen atoms in total. The van der Waals surface area contributed by atoms with Crippen LogP contribution in [-0.2, 0) is 12.0 Å². The van der Waals surface area contributed by atoms with Gasteiger partial charge in [0.25, 0.3) is 5.91 Å². The van der Waals surface area contributed by atoms with E-state index in [0.29, 0.717) is 23.5 Å². The molecular weight excluding hydrogens is 316 g/mol. The zero-order valence-corrected chi connectivity index (χ0v) is 15.5. The van der Waals surface area contributed by atoms with Crippen LogP contribution in [0.1, 0.15) is 55.0 Å². The fourth-order valence-corrected chi connectivity index (χ4v) is 2.66. The molecular formula is C19H26N4O2. The molecule has 0 spiro atoms. The topological polar surface area (TPSA) is 90.1 Å². The third-order valence-electron chi connectivity index (χ3n) is 3.81. The average molecular weight is 342 g/mol. The Balaban J connectivity index is 2.35. The summed E-state index contributed by atoms with van der Waals surface area (Å²) < 4.78 is 6.00. The van der Waals surface area contributed by atoms with E-state index in [0.717, 1.165) is 11.3 Å². The van der Waals surface area contributed by atoms with E-state index in [1.807, 2.05) is 31.2 Å². The van der Waals surface area contributed by atoms with E-state index in [-0.39, 0.29) is 23.9 Å². The van der Waals surface area contributed by atoms with Crippen molar-refractivity contribution in [1.82, 2.24) is 15.3 Å². The van der Waals surface area contributed by atoms with Gasteiger partial charge in [0.2, 0.25) is 5.95 Å². The highest BCUT2D eigenvalue weighted by molar-refractivity contribution is 5.96. The third-order valence-corrected chi connectivity index (χ3v) is 3.81. The minimum absolute atomic E-state index is 0.0559.